The van der Waals surface area contributed by atoms with E-state index >= 15 is 0 Å². The molecule has 0 bridgehead atoms. The summed E-state index contributed by atoms with van der Waals surface area (Å²) >= 11 is 0. The molecule has 0 spiro atoms. The van der Waals surface area contributed by atoms with Crippen LogP contribution in [0.25, 0.3) is 0 Å². The van der Waals surface area contributed by atoms with E-state index in [1.807, 2.05) is 0 Å². The Bertz CT molecular complexity index is 777. The molecule has 0 radical (unpaired) electrons. The lowest BCUT2D eigenvalue weighted by molar-refractivity contribution is -0.123. The Labute approximate surface area is 142 Å². The van der Waals surface area contributed by atoms with E-state index in [0.29, 0.717) is 0 Å². The molecule has 0 aliphatic rings. The highest BCUT2D eigenvalue weighted by Crippen LogP contribution is 2.13. The summed E-state index contributed by atoms with van der Waals surface area (Å²) in [6, 6.07) is 11.2. The molecule has 0 aliphatic carbocycles. The molecular formula is C17H14N2O6. The number of carboxylic acid groups (broad SMARTS) is 2. The van der Waals surface area contributed by atoms with Gasteiger partial charge in [0, 0.05) is 11.4 Å². The highest BCUT2D eigenvalue weighted by Gasteiger charge is 2.12. The monoisotopic (exact) mass is 342 g/mol. The van der Waals surface area contributed by atoms with Gasteiger partial charge in [-0.1, -0.05) is 12.1 Å². The van der Waals surface area contributed by atoms with Gasteiger partial charge in [-0.15, -0.1) is 0 Å². The highest BCUT2D eigenvalue weighted by atomic mass is 16.4. The molecule has 0 saturated carbocycles. The largest absolute Gasteiger partial charge is 0.478 e. The Morgan fingerprint density at radius 1 is 0.720 bits per heavy atom. The number of rotatable bonds is 6. The molecule has 2 amide bonds. The summed E-state index contributed by atoms with van der Waals surface area (Å²) in [4.78, 5) is 45.5. The summed E-state index contributed by atoms with van der Waals surface area (Å²) in [5.74, 6) is -3.52. The molecule has 0 atom stereocenters. The van der Waals surface area contributed by atoms with Gasteiger partial charge in [0.2, 0.25) is 11.8 Å². The fraction of sp³-hybridized carbons (Fsp3) is 0.0588. The first-order valence-electron chi connectivity index (χ1n) is 7.11. The van der Waals surface area contributed by atoms with Crippen molar-refractivity contribution in [3.63, 3.8) is 0 Å². The van der Waals surface area contributed by atoms with Crippen LogP contribution in [0.1, 0.15) is 27.1 Å². The minimum atomic E-state index is -1.13. The molecular weight excluding hydrogens is 328 g/mol. The van der Waals surface area contributed by atoms with Crippen molar-refractivity contribution in [3.05, 3.63) is 59.7 Å². The lowest BCUT2D eigenvalue weighted by Crippen LogP contribution is -2.21. The standard InChI is InChI=1S/C17H14N2O6/c20-14(18-12-5-1-3-10(7-12)16(22)23)9-15(21)19-13-6-2-4-11(8-13)17(24)25/h1-8H,9H2,(H,18,20)(H,19,21)(H,22,23)(H,24,25). The number of nitrogens with one attached hydrogen (secondary N) is 2. The first-order valence-corrected chi connectivity index (χ1v) is 7.11. The maximum Gasteiger partial charge on any atom is 0.335 e. The van der Waals surface area contributed by atoms with Gasteiger partial charge in [-0.3, -0.25) is 9.59 Å². The summed E-state index contributed by atoms with van der Waals surface area (Å²) in [5.41, 5.74) is 0.525. The van der Waals surface area contributed by atoms with Crippen molar-refractivity contribution in [1.29, 1.82) is 0 Å². The third kappa shape index (κ3) is 5.17. The molecule has 0 heterocycles. The smallest absolute Gasteiger partial charge is 0.335 e. The van der Waals surface area contributed by atoms with Gasteiger partial charge in [0.15, 0.2) is 0 Å². The summed E-state index contributed by atoms with van der Waals surface area (Å²) in [5, 5.41) is 22.6. The predicted octanol–water partition coefficient (Wildman–Crippen LogP) is 2.05. The van der Waals surface area contributed by atoms with Crippen molar-refractivity contribution >= 4 is 35.1 Å². The third-order valence-corrected chi connectivity index (χ3v) is 3.11. The maximum absolute atomic E-state index is 11.9. The van der Waals surface area contributed by atoms with Crippen LogP contribution in [0.4, 0.5) is 11.4 Å². The number of anilines is 2. The van der Waals surface area contributed by atoms with Gasteiger partial charge < -0.3 is 20.8 Å². The Kier molecular flexibility index (Phi) is 5.47. The van der Waals surface area contributed by atoms with Crippen LogP contribution in [0, 0.1) is 0 Å². The van der Waals surface area contributed by atoms with Crippen LogP contribution in [0.15, 0.2) is 48.5 Å². The number of aromatic carboxylic acids is 2. The number of amides is 2. The molecule has 2 aromatic rings. The Hall–Kier alpha value is -3.68. The van der Waals surface area contributed by atoms with E-state index in [1.165, 1.54) is 48.5 Å². The van der Waals surface area contributed by atoms with E-state index in [0.717, 1.165) is 0 Å². The van der Waals surface area contributed by atoms with Crippen molar-refractivity contribution in [2.75, 3.05) is 10.6 Å². The summed E-state index contributed by atoms with van der Waals surface area (Å²) < 4.78 is 0. The normalized spacial score (nSPS) is 9.92. The quantitative estimate of drug-likeness (QED) is 0.594. The van der Waals surface area contributed by atoms with Crippen molar-refractivity contribution in [2.24, 2.45) is 0 Å². The van der Waals surface area contributed by atoms with Gasteiger partial charge in [0.25, 0.3) is 0 Å². The molecule has 25 heavy (non-hydrogen) atoms. The predicted molar refractivity (Wildman–Crippen MR) is 88.7 cm³/mol. The zero-order valence-corrected chi connectivity index (χ0v) is 12.9. The molecule has 4 N–H and O–H groups in total. The minimum Gasteiger partial charge on any atom is -0.478 e. The highest BCUT2D eigenvalue weighted by molar-refractivity contribution is 6.08. The van der Waals surface area contributed by atoms with Crippen LogP contribution >= 0.6 is 0 Å². The molecule has 0 fully saturated rings. The van der Waals surface area contributed by atoms with E-state index < -0.39 is 30.2 Å². The lowest BCUT2D eigenvalue weighted by Gasteiger charge is -2.08. The van der Waals surface area contributed by atoms with Gasteiger partial charge in [-0.25, -0.2) is 9.59 Å². The van der Waals surface area contributed by atoms with E-state index in [9.17, 15) is 19.2 Å². The van der Waals surface area contributed by atoms with Crippen molar-refractivity contribution in [1.82, 2.24) is 0 Å². The fourth-order valence-corrected chi connectivity index (χ4v) is 2.02. The van der Waals surface area contributed by atoms with Gasteiger partial charge in [-0.2, -0.15) is 0 Å². The third-order valence-electron chi connectivity index (χ3n) is 3.11. The second-order valence-electron chi connectivity index (χ2n) is 5.05. The molecule has 8 heteroatoms. The average Bonchev–Trinajstić information content (AvgIpc) is 2.54. The SMILES string of the molecule is O=C(CC(=O)Nc1cccc(C(=O)O)c1)Nc1cccc(C(=O)O)c1. The molecule has 0 aliphatic heterocycles. The number of benzene rings is 2. The van der Waals surface area contributed by atoms with Gasteiger partial charge in [0.1, 0.15) is 6.42 Å². The van der Waals surface area contributed by atoms with Crippen LogP contribution in [-0.2, 0) is 9.59 Å². The topological polar surface area (TPSA) is 133 Å². The van der Waals surface area contributed by atoms with E-state index in [-0.39, 0.29) is 22.5 Å². The van der Waals surface area contributed by atoms with Crippen LogP contribution < -0.4 is 10.6 Å². The maximum atomic E-state index is 11.9. The molecule has 0 saturated heterocycles. The number of carbonyl (C=O) groups excluding carboxylic acids is 2. The zero-order valence-electron chi connectivity index (χ0n) is 12.9. The van der Waals surface area contributed by atoms with Gasteiger partial charge >= 0.3 is 11.9 Å². The fourth-order valence-electron chi connectivity index (χ4n) is 2.02. The summed E-state index contributed by atoms with van der Waals surface area (Å²) in [6.07, 6.45) is -0.505. The van der Waals surface area contributed by atoms with Crippen molar-refractivity contribution in [3.8, 4) is 0 Å². The summed E-state index contributed by atoms with van der Waals surface area (Å²) in [7, 11) is 0. The Morgan fingerprint density at radius 2 is 1.12 bits per heavy atom. The first-order chi connectivity index (χ1) is 11.8. The first kappa shape index (κ1) is 17.7. The van der Waals surface area contributed by atoms with Gasteiger partial charge in [-0.05, 0) is 36.4 Å². The number of carbonyl (C=O) groups is 4. The lowest BCUT2D eigenvalue weighted by atomic mass is 10.2. The van der Waals surface area contributed by atoms with Gasteiger partial charge in [0.05, 0.1) is 11.1 Å². The van der Waals surface area contributed by atoms with Crippen molar-refractivity contribution in [2.45, 2.75) is 6.42 Å². The number of hydrogen-bond acceptors (Lipinski definition) is 4. The molecule has 8 nitrogen and oxygen atoms in total. The van der Waals surface area contributed by atoms with Crippen LogP contribution in [0.2, 0.25) is 0 Å². The number of hydrogen-bond donors (Lipinski definition) is 4. The van der Waals surface area contributed by atoms with Crippen molar-refractivity contribution < 1.29 is 29.4 Å². The zero-order chi connectivity index (χ0) is 18.4. The number of carboxylic acids is 2. The average molecular weight is 342 g/mol. The van der Waals surface area contributed by atoms with E-state index in [1.54, 1.807) is 0 Å². The molecule has 2 rings (SSSR count). The Morgan fingerprint density at radius 3 is 1.48 bits per heavy atom. The van der Waals surface area contributed by atoms with Crippen LogP contribution in [0.3, 0.4) is 0 Å². The Balaban J connectivity index is 1.95. The molecule has 0 aromatic heterocycles. The second kappa shape index (κ2) is 7.73. The molecule has 0 unspecified atom stereocenters. The minimum absolute atomic E-state index is 0.00716. The molecule has 2 aromatic carbocycles. The van der Waals surface area contributed by atoms with Crippen LogP contribution in [0.5, 0.6) is 0 Å². The second-order valence-corrected chi connectivity index (χ2v) is 5.05. The van der Waals surface area contributed by atoms with E-state index in [2.05, 4.69) is 10.6 Å². The van der Waals surface area contributed by atoms with Crippen LogP contribution in [-0.4, -0.2) is 34.0 Å². The summed E-state index contributed by atoms with van der Waals surface area (Å²) in [6.45, 7) is 0. The molecule has 128 valence electrons. The van der Waals surface area contributed by atoms with E-state index in [4.69, 9.17) is 10.2 Å².